The largest absolute Gasteiger partial charge is 0.444 e. The number of esters is 2. The van der Waals surface area contributed by atoms with Gasteiger partial charge in [0, 0.05) is 12.3 Å². The highest BCUT2D eigenvalue weighted by molar-refractivity contribution is 6.23. The second-order valence-electron chi connectivity index (χ2n) is 4.50. The van der Waals surface area contributed by atoms with E-state index in [0.29, 0.717) is 6.42 Å². The topological polar surface area (TPSA) is 52.6 Å². The molecule has 2 bridgehead atoms. The standard InChI is InChI=1S/C10H13ClO4/c1-5-4-10(6(2)11)8(13)14-9(5,3)7(12)15-10/h5-6H,4H2,1-3H3. The van der Waals surface area contributed by atoms with Crippen molar-refractivity contribution < 1.29 is 19.1 Å². The SMILES string of the molecule is CC1CC2(C(C)Cl)OC(=O)C1(C)OC2=O. The van der Waals surface area contributed by atoms with Gasteiger partial charge in [0.25, 0.3) is 0 Å². The number of hydrogen-bond acceptors (Lipinski definition) is 4. The predicted octanol–water partition coefficient (Wildman–Crippen LogP) is 1.25. The van der Waals surface area contributed by atoms with Crippen molar-refractivity contribution in [1.29, 1.82) is 0 Å². The van der Waals surface area contributed by atoms with E-state index < -0.39 is 28.5 Å². The quantitative estimate of drug-likeness (QED) is 0.504. The summed E-state index contributed by atoms with van der Waals surface area (Å²) in [6.07, 6.45) is 0.429. The van der Waals surface area contributed by atoms with Crippen LogP contribution < -0.4 is 0 Å². The summed E-state index contributed by atoms with van der Waals surface area (Å²) in [5.74, 6) is -1.09. The summed E-state index contributed by atoms with van der Waals surface area (Å²) in [5, 5.41) is -0.582. The molecule has 3 heterocycles. The molecule has 0 spiro atoms. The normalized spacial score (nSPS) is 46.0. The molecule has 0 N–H and O–H groups in total. The Balaban J connectivity index is 2.46. The van der Waals surface area contributed by atoms with Crippen LogP contribution in [-0.4, -0.2) is 28.5 Å². The number of carbonyl (C=O) groups is 2. The van der Waals surface area contributed by atoms with Gasteiger partial charge >= 0.3 is 11.9 Å². The van der Waals surface area contributed by atoms with Crippen LogP contribution in [0.5, 0.6) is 0 Å². The van der Waals surface area contributed by atoms with E-state index in [1.807, 2.05) is 6.92 Å². The summed E-state index contributed by atoms with van der Waals surface area (Å²) in [7, 11) is 0. The lowest BCUT2D eigenvalue weighted by Gasteiger charge is -2.52. The van der Waals surface area contributed by atoms with Gasteiger partial charge in [-0.2, -0.15) is 0 Å². The molecule has 3 fully saturated rings. The fourth-order valence-electron chi connectivity index (χ4n) is 2.11. The van der Waals surface area contributed by atoms with Crippen LogP contribution in [0.25, 0.3) is 0 Å². The Morgan fingerprint density at radius 2 is 2.00 bits per heavy atom. The van der Waals surface area contributed by atoms with Gasteiger partial charge in [-0.05, 0) is 13.8 Å². The van der Waals surface area contributed by atoms with Gasteiger partial charge in [-0.3, -0.25) is 0 Å². The van der Waals surface area contributed by atoms with E-state index in [1.165, 1.54) is 0 Å². The Hall–Kier alpha value is -0.770. The zero-order valence-electron chi connectivity index (χ0n) is 8.87. The third kappa shape index (κ3) is 1.14. The number of ether oxygens (including phenoxy) is 2. The number of rotatable bonds is 1. The molecule has 0 radical (unpaired) electrons. The average Bonchev–Trinajstić information content (AvgIpc) is 2.11. The maximum Gasteiger partial charge on any atom is 0.353 e. The third-order valence-corrected chi connectivity index (χ3v) is 3.88. The zero-order valence-corrected chi connectivity index (χ0v) is 9.63. The molecule has 4 atom stereocenters. The maximum absolute atomic E-state index is 11.7. The number of hydrogen-bond donors (Lipinski definition) is 0. The van der Waals surface area contributed by atoms with Crippen molar-refractivity contribution in [2.45, 2.75) is 43.8 Å². The molecule has 0 aliphatic carbocycles. The number of fused-ring (bicyclic) bond motifs is 3. The zero-order chi connectivity index (χ0) is 11.4. The maximum atomic E-state index is 11.7. The van der Waals surface area contributed by atoms with Crippen molar-refractivity contribution in [3.63, 3.8) is 0 Å². The molecule has 3 rings (SSSR count). The van der Waals surface area contributed by atoms with Crippen molar-refractivity contribution >= 4 is 23.5 Å². The summed E-state index contributed by atoms with van der Waals surface area (Å²) in [6, 6.07) is 0. The number of carbonyl (C=O) groups excluding carboxylic acids is 2. The highest BCUT2D eigenvalue weighted by Gasteiger charge is 2.66. The van der Waals surface area contributed by atoms with Gasteiger partial charge in [-0.25, -0.2) is 9.59 Å². The molecular weight excluding hydrogens is 220 g/mol. The van der Waals surface area contributed by atoms with E-state index in [4.69, 9.17) is 21.1 Å². The first kappa shape index (κ1) is 10.7. The lowest BCUT2D eigenvalue weighted by atomic mass is 9.74. The smallest absolute Gasteiger partial charge is 0.353 e. The van der Waals surface area contributed by atoms with Gasteiger partial charge in [0.2, 0.25) is 11.2 Å². The first-order chi connectivity index (χ1) is 6.83. The molecule has 4 unspecified atom stereocenters. The Morgan fingerprint density at radius 3 is 2.47 bits per heavy atom. The molecule has 15 heavy (non-hydrogen) atoms. The van der Waals surface area contributed by atoms with Crippen LogP contribution in [0, 0.1) is 5.92 Å². The van der Waals surface area contributed by atoms with Gasteiger partial charge in [0.1, 0.15) is 0 Å². The molecule has 0 aromatic heterocycles. The monoisotopic (exact) mass is 232 g/mol. The minimum Gasteiger partial charge on any atom is -0.444 e. The van der Waals surface area contributed by atoms with Crippen molar-refractivity contribution in [1.82, 2.24) is 0 Å². The van der Waals surface area contributed by atoms with E-state index in [0.717, 1.165) is 0 Å². The van der Waals surface area contributed by atoms with Gasteiger partial charge in [-0.1, -0.05) is 6.92 Å². The minimum absolute atomic E-state index is 0.0716. The Bertz CT molecular complexity index is 340. The summed E-state index contributed by atoms with van der Waals surface area (Å²) >= 11 is 5.93. The van der Waals surface area contributed by atoms with Crippen LogP contribution in [0.15, 0.2) is 0 Å². The predicted molar refractivity (Wildman–Crippen MR) is 52.4 cm³/mol. The van der Waals surface area contributed by atoms with Gasteiger partial charge in [0.15, 0.2) is 0 Å². The lowest BCUT2D eigenvalue weighted by Crippen LogP contribution is -2.70. The first-order valence-corrected chi connectivity index (χ1v) is 5.37. The lowest BCUT2D eigenvalue weighted by molar-refractivity contribution is -0.254. The molecule has 3 aliphatic rings. The molecule has 84 valence electrons. The first-order valence-electron chi connectivity index (χ1n) is 4.94. The van der Waals surface area contributed by atoms with Crippen LogP contribution in [0.4, 0.5) is 0 Å². The molecule has 4 nitrogen and oxygen atoms in total. The second-order valence-corrected chi connectivity index (χ2v) is 5.15. The molecule has 0 aromatic carbocycles. The molecular formula is C10H13ClO4. The van der Waals surface area contributed by atoms with E-state index in [2.05, 4.69) is 0 Å². The van der Waals surface area contributed by atoms with Gasteiger partial charge in [0.05, 0.1) is 5.38 Å². The molecule has 0 amide bonds. The van der Waals surface area contributed by atoms with Crippen LogP contribution in [0.2, 0.25) is 0 Å². The molecule has 3 aliphatic heterocycles. The number of alkyl halides is 1. The van der Waals surface area contributed by atoms with Crippen molar-refractivity contribution in [2.75, 3.05) is 0 Å². The molecule has 5 heteroatoms. The van der Waals surface area contributed by atoms with Crippen LogP contribution in [0.3, 0.4) is 0 Å². The van der Waals surface area contributed by atoms with E-state index in [1.54, 1.807) is 13.8 Å². The second kappa shape index (κ2) is 2.88. The third-order valence-electron chi connectivity index (χ3n) is 3.52. The summed E-state index contributed by atoms with van der Waals surface area (Å²) in [6.45, 7) is 5.08. The Kier molecular flexibility index (Phi) is 2.06. The minimum atomic E-state index is -1.28. The van der Waals surface area contributed by atoms with Crippen molar-refractivity contribution in [2.24, 2.45) is 5.92 Å². The van der Waals surface area contributed by atoms with E-state index in [9.17, 15) is 9.59 Å². The van der Waals surface area contributed by atoms with Gasteiger partial charge < -0.3 is 9.47 Å². The highest BCUT2D eigenvalue weighted by atomic mass is 35.5. The summed E-state index contributed by atoms with van der Waals surface area (Å²) in [5.41, 5.74) is -2.42. The Morgan fingerprint density at radius 1 is 1.40 bits per heavy atom. The van der Waals surface area contributed by atoms with Crippen LogP contribution in [0.1, 0.15) is 27.2 Å². The van der Waals surface area contributed by atoms with Crippen LogP contribution >= 0.6 is 11.6 Å². The van der Waals surface area contributed by atoms with E-state index in [-0.39, 0.29) is 5.92 Å². The molecule has 0 saturated carbocycles. The van der Waals surface area contributed by atoms with Crippen molar-refractivity contribution in [3.8, 4) is 0 Å². The van der Waals surface area contributed by atoms with Gasteiger partial charge in [-0.15, -0.1) is 11.6 Å². The van der Waals surface area contributed by atoms with E-state index >= 15 is 0 Å². The Labute approximate surface area is 92.9 Å². The number of halogens is 1. The average molecular weight is 233 g/mol. The fraction of sp³-hybridized carbons (Fsp3) is 0.800. The molecule has 3 saturated heterocycles. The highest BCUT2D eigenvalue weighted by Crippen LogP contribution is 2.47. The van der Waals surface area contributed by atoms with Crippen molar-refractivity contribution in [3.05, 3.63) is 0 Å². The summed E-state index contributed by atoms with van der Waals surface area (Å²) in [4.78, 5) is 23.4. The summed E-state index contributed by atoms with van der Waals surface area (Å²) < 4.78 is 10.3. The molecule has 0 aromatic rings. The fourth-order valence-corrected chi connectivity index (χ4v) is 2.33. The van der Waals surface area contributed by atoms with Crippen LogP contribution in [-0.2, 0) is 19.1 Å².